The third-order valence-corrected chi connectivity index (χ3v) is 4.58. The molecular formula is C12H21N3O2S. The second-order valence-corrected chi connectivity index (χ2v) is 6.10. The summed E-state index contributed by atoms with van der Waals surface area (Å²) in [4.78, 5) is 25.0. The summed E-state index contributed by atoms with van der Waals surface area (Å²) in [5, 5.41) is 3.22. The molecule has 5 nitrogen and oxygen atoms in total. The van der Waals surface area contributed by atoms with E-state index in [0.717, 1.165) is 44.0 Å². The average Bonchev–Trinajstić information content (AvgIpc) is 2.89. The van der Waals surface area contributed by atoms with E-state index in [0.29, 0.717) is 12.3 Å². The number of piperidine rings is 1. The van der Waals surface area contributed by atoms with Crippen molar-refractivity contribution in [2.75, 3.05) is 24.7 Å². The molecule has 2 saturated heterocycles. The zero-order valence-electron chi connectivity index (χ0n) is 10.6. The molecule has 0 aromatic heterocycles. The minimum atomic E-state index is -0.243. The van der Waals surface area contributed by atoms with Crippen molar-refractivity contribution in [3.8, 4) is 0 Å². The summed E-state index contributed by atoms with van der Waals surface area (Å²) < 4.78 is 0. The monoisotopic (exact) mass is 271 g/mol. The molecule has 2 aliphatic rings. The molecule has 0 bridgehead atoms. The van der Waals surface area contributed by atoms with Crippen LogP contribution < -0.4 is 11.1 Å². The lowest BCUT2D eigenvalue weighted by Gasteiger charge is -2.34. The number of carbonyl (C=O) groups excluding carboxylic acids is 2. The third-order valence-electron chi connectivity index (χ3n) is 3.64. The maximum Gasteiger partial charge on any atom is 0.240 e. The lowest BCUT2D eigenvalue weighted by molar-refractivity contribution is -0.134. The Morgan fingerprint density at radius 2 is 2.28 bits per heavy atom. The van der Waals surface area contributed by atoms with Gasteiger partial charge in [-0.25, -0.2) is 0 Å². The number of hydrogen-bond donors (Lipinski definition) is 2. The predicted molar refractivity (Wildman–Crippen MR) is 72.0 cm³/mol. The first-order chi connectivity index (χ1) is 8.66. The number of hydrogen-bond acceptors (Lipinski definition) is 4. The first kappa shape index (κ1) is 13.7. The van der Waals surface area contributed by atoms with Crippen LogP contribution in [0.25, 0.3) is 0 Å². The number of amides is 2. The number of rotatable bonds is 4. The normalized spacial score (nSPS) is 28.3. The molecule has 102 valence electrons. The Kier molecular flexibility index (Phi) is 4.88. The maximum atomic E-state index is 12.2. The van der Waals surface area contributed by atoms with Gasteiger partial charge in [0, 0.05) is 31.1 Å². The topological polar surface area (TPSA) is 75.4 Å². The smallest absolute Gasteiger partial charge is 0.240 e. The van der Waals surface area contributed by atoms with Gasteiger partial charge in [0.15, 0.2) is 0 Å². The van der Waals surface area contributed by atoms with Crippen LogP contribution in [0.3, 0.4) is 0 Å². The molecule has 2 amide bonds. The van der Waals surface area contributed by atoms with Gasteiger partial charge in [0.25, 0.3) is 0 Å². The lowest BCUT2D eigenvalue weighted by atomic mass is 9.93. The Bertz CT molecular complexity index is 318. The van der Waals surface area contributed by atoms with Crippen LogP contribution in [0.4, 0.5) is 0 Å². The van der Waals surface area contributed by atoms with Gasteiger partial charge in [0.2, 0.25) is 11.8 Å². The number of primary amides is 1. The predicted octanol–water partition coefficient (Wildman–Crippen LogP) is 0.153. The molecule has 6 heteroatoms. The largest absolute Gasteiger partial charge is 0.370 e. The summed E-state index contributed by atoms with van der Waals surface area (Å²) in [6, 6.07) is -0.00936. The van der Waals surface area contributed by atoms with Crippen molar-refractivity contribution in [3.05, 3.63) is 0 Å². The summed E-state index contributed by atoms with van der Waals surface area (Å²) in [6.07, 6.45) is 3.38. The second kappa shape index (κ2) is 6.43. The Hall–Kier alpha value is -0.750. The van der Waals surface area contributed by atoms with Crippen LogP contribution in [-0.2, 0) is 9.59 Å². The fourth-order valence-electron chi connectivity index (χ4n) is 2.62. The molecule has 0 saturated carbocycles. The molecule has 0 aromatic carbocycles. The quantitative estimate of drug-likeness (QED) is 0.763. The van der Waals surface area contributed by atoms with E-state index in [4.69, 9.17) is 5.73 Å². The number of nitrogens with one attached hydrogen (secondary N) is 1. The standard InChI is InChI=1S/C12H21N3O2S/c13-11(16)4-3-9-2-1-5-15(6-9)12(17)10-7-18-8-14-10/h9-10,14H,1-8H2,(H2,13,16). The molecule has 18 heavy (non-hydrogen) atoms. The van der Waals surface area contributed by atoms with Crippen molar-refractivity contribution in [1.29, 1.82) is 0 Å². The highest BCUT2D eigenvalue weighted by Crippen LogP contribution is 2.22. The molecule has 2 fully saturated rings. The van der Waals surface area contributed by atoms with Crippen LogP contribution in [0.2, 0.25) is 0 Å². The maximum absolute atomic E-state index is 12.2. The third kappa shape index (κ3) is 3.62. The molecule has 0 aliphatic carbocycles. The number of carbonyl (C=O) groups is 2. The van der Waals surface area contributed by atoms with E-state index in [1.807, 2.05) is 4.90 Å². The molecular weight excluding hydrogens is 250 g/mol. The van der Waals surface area contributed by atoms with Crippen molar-refractivity contribution < 1.29 is 9.59 Å². The van der Waals surface area contributed by atoms with Gasteiger partial charge in [-0.05, 0) is 25.2 Å². The molecule has 0 radical (unpaired) electrons. The summed E-state index contributed by atoms with van der Waals surface area (Å²) in [5.74, 6) is 2.16. The number of nitrogens with zero attached hydrogens (tertiary/aromatic N) is 1. The van der Waals surface area contributed by atoms with Gasteiger partial charge in [0.1, 0.15) is 0 Å². The number of thioether (sulfide) groups is 1. The SMILES string of the molecule is NC(=O)CCC1CCCN(C(=O)C2CSCN2)C1. The van der Waals surface area contributed by atoms with Crippen LogP contribution in [0.5, 0.6) is 0 Å². The fraction of sp³-hybridized carbons (Fsp3) is 0.833. The van der Waals surface area contributed by atoms with Gasteiger partial charge in [-0.15, -0.1) is 11.8 Å². The lowest BCUT2D eigenvalue weighted by Crippen LogP contribution is -2.48. The van der Waals surface area contributed by atoms with Gasteiger partial charge >= 0.3 is 0 Å². The highest BCUT2D eigenvalue weighted by molar-refractivity contribution is 7.99. The summed E-state index contributed by atoms with van der Waals surface area (Å²) in [6.45, 7) is 1.64. The van der Waals surface area contributed by atoms with Gasteiger partial charge in [-0.3, -0.25) is 14.9 Å². The molecule has 0 aromatic rings. The zero-order chi connectivity index (χ0) is 13.0. The van der Waals surface area contributed by atoms with E-state index in [1.54, 1.807) is 11.8 Å². The van der Waals surface area contributed by atoms with Crippen LogP contribution >= 0.6 is 11.8 Å². The van der Waals surface area contributed by atoms with Crippen molar-refractivity contribution in [3.63, 3.8) is 0 Å². The Morgan fingerprint density at radius 1 is 1.44 bits per heavy atom. The average molecular weight is 271 g/mol. The highest BCUT2D eigenvalue weighted by atomic mass is 32.2. The van der Waals surface area contributed by atoms with Crippen LogP contribution in [0, 0.1) is 5.92 Å². The van der Waals surface area contributed by atoms with E-state index in [1.165, 1.54) is 0 Å². The van der Waals surface area contributed by atoms with Crippen LogP contribution in [0.1, 0.15) is 25.7 Å². The molecule has 2 heterocycles. The molecule has 2 unspecified atom stereocenters. The molecule has 0 spiro atoms. The van der Waals surface area contributed by atoms with Gasteiger partial charge in [0.05, 0.1) is 6.04 Å². The van der Waals surface area contributed by atoms with Crippen LogP contribution in [-0.4, -0.2) is 47.5 Å². The van der Waals surface area contributed by atoms with E-state index < -0.39 is 0 Å². The minimum absolute atomic E-state index is 0.00936. The Labute approximate surface area is 112 Å². The molecule has 2 aliphatic heterocycles. The first-order valence-corrected chi connectivity index (χ1v) is 7.70. The first-order valence-electron chi connectivity index (χ1n) is 6.55. The summed E-state index contributed by atoms with van der Waals surface area (Å²) in [5.41, 5.74) is 5.17. The van der Waals surface area contributed by atoms with Crippen molar-refractivity contribution >= 4 is 23.6 Å². The van der Waals surface area contributed by atoms with Gasteiger partial charge in [-0.1, -0.05) is 0 Å². The summed E-state index contributed by atoms with van der Waals surface area (Å²) >= 11 is 1.77. The Balaban J connectivity index is 1.81. The molecule has 3 N–H and O–H groups in total. The molecule has 2 atom stereocenters. The van der Waals surface area contributed by atoms with E-state index in [-0.39, 0.29) is 17.9 Å². The van der Waals surface area contributed by atoms with Crippen molar-refractivity contribution in [1.82, 2.24) is 10.2 Å². The second-order valence-electron chi connectivity index (χ2n) is 5.07. The van der Waals surface area contributed by atoms with Crippen molar-refractivity contribution in [2.45, 2.75) is 31.7 Å². The summed E-state index contributed by atoms with van der Waals surface area (Å²) in [7, 11) is 0. The van der Waals surface area contributed by atoms with Gasteiger partial charge < -0.3 is 10.6 Å². The van der Waals surface area contributed by atoms with E-state index >= 15 is 0 Å². The number of nitrogens with two attached hydrogens (primary N) is 1. The van der Waals surface area contributed by atoms with E-state index in [9.17, 15) is 9.59 Å². The van der Waals surface area contributed by atoms with Crippen LogP contribution in [0.15, 0.2) is 0 Å². The van der Waals surface area contributed by atoms with Crippen molar-refractivity contribution in [2.24, 2.45) is 11.7 Å². The fourth-order valence-corrected chi connectivity index (χ4v) is 3.55. The Morgan fingerprint density at radius 3 is 2.94 bits per heavy atom. The van der Waals surface area contributed by atoms with E-state index in [2.05, 4.69) is 5.32 Å². The van der Waals surface area contributed by atoms with Gasteiger partial charge in [-0.2, -0.15) is 0 Å². The number of likely N-dealkylation sites (tertiary alicyclic amines) is 1. The highest BCUT2D eigenvalue weighted by Gasteiger charge is 2.30. The zero-order valence-corrected chi connectivity index (χ0v) is 11.4. The minimum Gasteiger partial charge on any atom is -0.370 e. The molecule has 2 rings (SSSR count).